The standard InChI is InChI=1S/C17H13F2NO3/c1-8-10-6-12(18)14(21)7-15(10)23-17(22)11(8)5-9-3-2-4-13(20)16(9)19/h2-4,6-7,21H,5,20H2,1H3. The molecule has 3 aromatic rings. The zero-order valence-electron chi connectivity index (χ0n) is 12.2. The molecule has 0 unspecified atom stereocenters. The first kappa shape index (κ1) is 15.0. The number of benzene rings is 2. The summed E-state index contributed by atoms with van der Waals surface area (Å²) in [6.45, 7) is 1.62. The van der Waals surface area contributed by atoms with Gasteiger partial charge in [0, 0.05) is 23.4 Å². The van der Waals surface area contributed by atoms with Crippen LogP contribution >= 0.6 is 0 Å². The highest BCUT2D eigenvalue weighted by molar-refractivity contribution is 5.82. The molecule has 0 aliphatic carbocycles. The fraction of sp³-hybridized carbons (Fsp3) is 0.118. The summed E-state index contributed by atoms with van der Waals surface area (Å²) in [4.78, 5) is 12.2. The molecule has 23 heavy (non-hydrogen) atoms. The molecule has 1 aromatic heterocycles. The molecule has 0 saturated heterocycles. The Morgan fingerprint density at radius 2 is 2.00 bits per heavy atom. The van der Waals surface area contributed by atoms with Gasteiger partial charge in [-0.05, 0) is 30.2 Å². The average Bonchev–Trinajstić information content (AvgIpc) is 2.50. The van der Waals surface area contributed by atoms with Gasteiger partial charge in [0.15, 0.2) is 11.6 Å². The summed E-state index contributed by atoms with van der Waals surface area (Å²) < 4.78 is 32.7. The summed E-state index contributed by atoms with van der Waals surface area (Å²) in [7, 11) is 0. The molecule has 0 saturated carbocycles. The maximum absolute atomic E-state index is 14.0. The first-order chi connectivity index (χ1) is 10.9. The highest BCUT2D eigenvalue weighted by Crippen LogP contribution is 2.27. The number of phenolic OH excluding ortho intramolecular Hbond substituents is 1. The first-order valence-corrected chi connectivity index (χ1v) is 6.86. The van der Waals surface area contributed by atoms with Crippen molar-refractivity contribution >= 4 is 16.7 Å². The van der Waals surface area contributed by atoms with Crippen LogP contribution in [0.25, 0.3) is 11.0 Å². The van der Waals surface area contributed by atoms with Crippen LogP contribution in [0.2, 0.25) is 0 Å². The monoisotopic (exact) mass is 317 g/mol. The average molecular weight is 317 g/mol. The van der Waals surface area contributed by atoms with Crippen molar-refractivity contribution in [3.05, 3.63) is 69.1 Å². The van der Waals surface area contributed by atoms with Gasteiger partial charge in [0.1, 0.15) is 11.4 Å². The SMILES string of the molecule is Cc1c(Cc2cccc(N)c2F)c(=O)oc2cc(O)c(F)cc12. The van der Waals surface area contributed by atoms with E-state index in [9.17, 15) is 18.7 Å². The van der Waals surface area contributed by atoms with Crippen LogP contribution in [0.3, 0.4) is 0 Å². The lowest BCUT2D eigenvalue weighted by Crippen LogP contribution is -2.12. The van der Waals surface area contributed by atoms with Gasteiger partial charge in [0.25, 0.3) is 0 Å². The molecular formula is C17H13F2NO3. The molecule has 4 nitrogen and oxygen atoms in total. The number of rotatable bonds is 2. The van der Waals surface area contributed by atoms with E-state index in [1.54, 1.807) is 13.0 Å². The van der Waals surface area contributed by atoms with Gasteiger partial charge in [-0.3, -0.25) is 0 Å². The third-order valence-electron chi connectivity index (χ3n) is 3.83. The lowest BCUT2D eigenvalue weighted by molar-refractivity contribution is 0.431. The molecule has 0 atom stereocenters. The highest BCUT2D eigenvalue weighted by Gasteiger charge is 2.16. The Morgan fingerprint density at radius 1 is 1.26 bits per heavy atom. The molecule has 3 rings (SSSR count). The third-order valence-corrected chi connectivity index (χ3v) is 3.83. The minimum atomic E-state index is -0.824. The van der Waals surface area contributed by atoms with Crippen LogP contribution < -0.4 is 11.4 Å². The van der Waals surface area contributed by atoms with Crippen LogP contribution in [0, 0.1) is 18.6 Å². The molecule has 0 aliphatic heterocycles. The highest BCUT2D eigenvalue weighted by atomic mass is 19.1. The van der Waals surface area contributed by atoms with Crippen molar-refractivity contribution in [3.63, 3.8) is 0 Å². The van der Waals surface area contributed by atoms with Gasteiger partial charge in [-0.2, -0.15) is 0 Å². The first-order valence-electron chi connectivity index (χ1n) is 6.86. The quantitative estimate of drug-likeness (QED) is 0.562. The van der Waals surface area contributed by atoms with Gasteiger partial charge >= 0.3 is 5.63 Å². The van der Waals surface area contributed by atoms with E-state index in [1.165, 1.54) is 12.1 Å². The molecule has 0 aliphatic rings. The number of aryl methyl sites for hydroxylation is 1. The third kappa shape index (κ3) is 2.52. The molecule has 0 bridgehead atoms. The van der Waals surface area contributed by atoms with E-state index >= 15 is 0 Å². The maximum Gasteiger partial charge on any atom is 0.340 e. The predicted molar refractivity (Wildman–Crippen MR) is 82.5 cm³/mol. The number of hydrogen-bond acceptors (Lipinski definition) is 4. The number of fused-ring (bicyclic) bond motifs is 1. The smallest absolute Gasteiger partial charge is 0.340 e. The minimum absolute atomic E-state index is 0.0127. The van der Waals surface area contributed by atoms with Crippen molar-refractivity contribution in [2.45, 2.75) is 13.3 Å². The van der Waals surface area contributed by atoms with E-state index in [-0.39, 0.29) is 28.8 Å². The fourth-order valence-electron chi connectivity index (χ4n) is 2.53. The second kappa shape index (κ2) is 5.39. The molecular weight excluding hydrogens is 304 g/mol. The van der Waals surface area contributed by atoms with Gasteiger partial charge in [0.05, 0.1) is 5.69 Å². The van der Waals surface area contributed by atoms with E-state index in [1.807, 2.05) is 0 Å². The van der Waals surface area contributed by atoms with Crippen LogP contribution in [-0.4, -0.2) is 5.11 Å². The number of nitrogen functional groups attached to an aromatic ring is 1. The second-order valence-electron chi connectivity index (χ2n) is 5.29. The predicted octanol–water partition coefficient (Wildman–Crippen LogP) is 3.26. The van der Waals surface area contributed by atoms with Gasteiger partial charge < -0.3 is 15.3 Å². The summed E-state index contributed by atoms with van der Waals surface area (Å²) in [5.41, 5.74) is 5.85. The normalized spacial score (nSPS) is 11.1. The topological polar surface area (TPSA) is 76.5 Å². The molecule has 1 heterocycles. The van der Waals surface area contributed by atoms with Crippen LogP contribution in [0.15, 0.2) is 39.5 Å². The molecule has 118 valence electrons. The van der Waals surface area contributed by atoms with Crippen LogP contribution in [0.5, 0.6) is 5.75 Å². The van der Waals surface area contributed by atoms with E-state index in [2.05, 4.69) is 0 Å². The lowest BCUT2D eigenvalue weighted by Gasteiger charge is -2.10. The van der Waals surface area contributed by atoms with E-state index in [0.29, 0.717) is 10.9 Å². The van der Waals surface area contributed by atoms with Crippen molar-refractivity contribution in [3.8, 4) is 5.75 Å². The molecule has 2 aromatic carbocycles. The van der Waals surface area contributed by atoms with Crippen molar-refractivity contribution < 1.29 is 18.3 Å². The minimum Gasteiger partial charge on any atom is -0.505 e. The summed E-state index contributed by atoms with van der Waals surface area (Å²) in [6.07, 6.45) is -0.0243. The van der Waals surface area contributed by atoms with Crippen molar-refractivity contribution in [1.29, 1.82) is 0 Å². The number of phenols is 1. The summed E-state index contributed by atoms with van der Waals surface area (Å²) in [5, 5.41) is 9.72. The molecule has 0 amide bonds. The Morgan fingerprint density at radius 3 is 2.74 bits per heavy atom. The molecule has 6 heteroatoms. The number of hydrogen-bond donors (Lipinski definition) is 2. The second-order valence-corrected chi connectivity index (χ2v) is 5.29. The Hall–Kier alpha value is -2.89. The van der Waals surface area contributed by atoms with E-state index < -0.39 is 23.0 Å². The van der Waals surface area contributed by atoms with E-state index in [0.717, 1.165) is 12.1 Å². The largest absolute Gasteiger partial charge is 0.505 e. The van der Waals surface area contributed by atoms with Gasteiger partial charge in [-0.25, -0.2) is 13.6 Å². The lowest BCUT2D eigenvalue weighted by atomic mass is 9.99. The van der Waals surface area contributed by atoms with Crippen molar-refractivity contribution in [1.82, 2.24) is 0 Å². The van der Waals surface area contributed by atoms with Crippen LogP contribution in [0.1, 0.15) is 16.7 Å². The Kier molecular flexibility index (Phi) is 3.52. The zero-order chi connectivity index (χ0) is 16.7. The Balaban J connectivity index is 2.20. The molecule has 0 fully saturated rings. The Labute approximate surface area is 129 Å². The van der Waals surface area contributed by atoms with Crippen LogP contribution in [0.4, 0.5) is 14.5 Å². The number of nitrogens with two attached hydrogens (primary N) is 1. The summed E-state index contributed by atoms with van der Waals surface area (Å²) >= 11 is 0. The van der Waals surface area contributed by atoms with Crippen LogP contribution in [-0.2, 0) is 6.42 Å². The summed E-state index contributed by atoms with van der Waals surface area (Å²) in [5.74, 6) is -2.02. The molecule has 3 N–H and O–H groups in total. The zero-order valence-corrected chi connectivity index (χ0v) is 12.2. The molecule has 0 radical (unpaired) electrons. The van der Waals surface area contributed by atoms with Gasteiger partial charge in [-0.1, -0.05) is 12.1 Å². The van der Waals surface area contributed by atoms with E-state index in [4.69, 9.17) is 10.2 Å². The fourth-order valence-corrected chi connectivity index (χ4v) is 2.53. The molecule has 0 spiro atoms. The summed E-state index contributed by atoms with van der Waals surface area (Å²) in [6, 6.07) is 6.66. The number of halogens is 2. The Bertz CT molecular complexity index is 980. The number of aromatic hydroxyl groups is 1. The van der Waals surface area contributed by atoms with Crippen molar-refractivity contribution in [2.75, 3.05) is 5.73 Å². The maximum atomic E-state index is 14.0. The van der Waals surface area contributed by atoms with Gasteiger partial charge in [0.2, 0.25) is 0 Å². The van der Waals surface area contributed by atoms with Gasteiger partial charge in [-0.15, -0.1) is 0 Å². The number of anilines is 1. The van der Waals surface area contributed by atoms with Crippen molar-refractivity contribution in [2.24, 2.45) is 0 Å².